The van der Waals surface area contributed by atoms with E-state index in [0.717, 1.165) is 26.1 Å². The van der Waals surface area contributed by atoms with E-state index in [9.17, 15) is 0 Å². The highest BCUT2D eigenvalue weighted by Gasteiger charge is 2.22. The van der Waals surface area contributed by atoms with E-state index in [1.165, 1.54) is 38.9 Å². The quantitative estimate of drug-likeness (QED) is 0.635. The molecular weight excluding hydrogens is 304 g/mol. The fourth-order valence-corrected chi connectivity index (χ4v) is 3.84. The number of aryl methyl sites for hydroxylation is 2. The molecule has 0 saturated heterocycles. The average Bonchev–Trinajstić information content (AvgIpc) is 2.93. The van der Waals surface area contributed by atoms with Gasteiger partial charge in [-0.15, -0.1) is 0 Å². The average molecular weight is 330 g/mol. The number of nitrogens with zero attached hydrogens (tertiary/aromatic N) is 2. The Balaban J connectivity index is 1.82. The third kappa shape index (κ3) is 3.03. The van der Waals surface area contributed by atoms with Gasteiger partial charge in [-0.2, -0.15) is 0 Å². The Hall–Kier alpha value is -2.32. The first-order valence-electron chi connectivity index (χ1n) is 9.25. The molecule has 1 aliphatic rings. The molecule has 3 aromatic rings. The van der Waals surface area contributed by atoms with Crippen LogP contribution < -0.4 is 0 Å². The van der Waals surface area contributed by atoms with Crippen LogP contribution in [0, 0.1) is 13.8 Å². The van der Waals surface area contributed by atoms with E-state index in [1.54, 1.807) is 0 Å². The Morgan fingerprint density at radius 1 is 1.00 bits per heavy atom. The Morgan fingerprint density at radius 2 is 1.76 bits per heavy atom. The molecule has 0 bridgehead atoms. The Bertz CT molecular complexity index is 929. The van der Waals surface area contributed by atoms with Gasteiger partial charge in [-0.05, 0) is 49.7 Å². The second-order valence-corrected chi connectivity index (χ2v) is 7.16. The minimum atomic E-state index is 1.07. The van der Waals surface area contributed by atoms with E-state index in [-0.39, 0.29) is 0 Å². The largest absolute Gasteiger partial charge is 0.320 e. The Labute approximate surface area is 150 Å². The third-order valence-electron chi connectivity index (χ3n) is 5.36. The van der Waals surface area contributed by atoms with Crippen LogP contribution >= 0.6 is 0 Å². The van der Waals surface area contributed by atoms with Crippen molar-refractivity contribution < 1.29 is 0 Å². The zero-order valence-corrected chi connectivity index (χ0v) is 15.4. The maximum Gasteiger partial charge on any atom is 0.0528 e. The fourth-order valence-electron chi connectivity index (χ4n) is 3.84. The molecule has 0 atom stereocenters. The highest BCUT2D eigenvalue weighted by Crippen LogP contribution is 2.32. The van der Waals surface area contributed by atoms with Crippen molar-refractivity contribution >= 4 is 23.2 Å². The van der Waals surface area contributed by atoms with Crippen LogP contribution in [-0.4, -0.2) is 22.6 Å². The van der Waals surface area contributed by atoms with Crippen molar-refractivity contribution in [2.24, 2.45) is 0 Å². The predicted molar refractivity (Wildman–Crippen MR) is 108 cm³/mol. The lowest BCUT2D eigenvalue weighted by molar-refractivity contribution is 0.267. The number of aromatic nitrogens is 1. The first-order valence-corrected chi connectivity index (χ1v) is 9.25. The molecule has 0 fully saturated rings. The minimum absolute atomic E-state index is 1.07. The minimum Gasteiger partial charge on any atom is -0.320 e. The third-order valence-corrected chi connectivity index (χ3v) is 5.36. The smallest absolute Gasteiger partial charge is 0.0528 e. The maximum absolute atomic E-state index is 2.54. The van der Waals surface area contributed by atoms with Crippen molar-refractivity contribution in [1.29, 1.82) is 0 Å². The zero-order chi connectivity index (χ0) is 17.4. The second-order valence-electron chi connectivity index (χ2n) is 7.16. The van der Waals surface area contributed by atoms with Crippen LogP contribution in [0.1, 0.15) is 34.9 Å². The Morgan fingerprint density at radius 3 is 2.52 bits per heavy atom. The lowest BCUT2D eigenvalue weighted by Crippen LogP contribution is -2.30. The molecule has 0 unspecified atom stereocenters. The van der Waals surface area contributed by atoms with Crippen LogP contribution in [0.2, 0.25) is 0 Å². The molecule has 2 heterocycles. The SMILES string of the molecule is CCN1CCc2c(c3cc(C)ccc3n2C=Cc2ccc(C)cc2)C1. The molecule has 128 valence electrons. The molecular formula is C23H26N2. The molecule has 4 rings (SSSR count). The molecule has 2 nitrogen and oxygen atoms in total. The summed E-state index contributed by atoms with van der Waals surface area (Å²) in [6.07, 6.45) is 5.60. The van der Waals surface area contributed by atoms with Crippen LogP contribution in [0.25, 0.3) is 23.2 Å². The van der Waals surface area contributed by atoms with Crippen LogP contribution in [-0.2, 0) is 13.0 Å². The number of benzene rings is 2. The lowest BCUT2D eigenvalue weighted by Gasteiger charge is -2.26. The number of hydrogen-bond donors (Lipinski definition) is 0. The van der Waals surface area contributed by atoms with Gasteiger partial charge in [0.25, 0.3) is 0 Å². The van der Waals surface area contributed by atoms with E-state index in [2.05, 4.69) is 85.0 Å². The summed E-state index contributed by atoms with van der Waals surface area (Å²) in [7, 11) is 0. The zero-order valence-electron chi connectivity index (χ0n) is 15.4. The molecule has 1 aromatic heterocycles. The van der Waals surface area contributed by atoms with Crippen LogP contribution in [0.15, 0.2) is 42.5 Å². The van der Waals surface area contributed by atoms with E-state index in [1.807, 2.05) is 0 Å². The van der Waals surface area contributed by atoms with Crippen LogP contribution in [0.3, 0.4) is 0 Å². The van der Waals surface area contributed by atoms with Gasteiger partial charge in [-0.25, -0.2) is 0 Å². The van der Waals surface area contributed by atoms with Gasteiger partial charge in [0.05, 0.1) is 5.52 Å². The standard InChI is InChI=1S/C23H26N2/c1-4-24-13-12-23-21(16-24)20-15-18(3)7-10-22(20)25(23)14-11-19-8-5-17(2)6-9-19/h5-11,14-15H,4,12-13,16H2,1-3H3. The van der Waals surface area contributed by atoms with Crippen molar-refractivity contribution in [3.05, 3.63) is 70.4 Å². The first kappa shape index (κ1) is 16.2. The van der Waals surface area contributed by atoms with Gasteiger partial charge < -0.3 is 4.57 Å². The van der Waals surface area contributed by atoms with Gasteiger partial charge in [0.2, 0.25) is 0 Å². The van der Waals surface area contributed by atoms with E-state index < -0.39 is 0 Å². The highest BCUT2D eigenvalue weighted by molar-refractivity contribution is 5.89. The summed E-state index contributed by atoms with van der Waals surface area (Å²) in [6.45, 7) is 9.91. The molecule has 0 radical (unpaired) electrons. The van der Waals surface area contributed by atoms with Gasteiger partial charge in [-0.1, -0.05) is 48.4 Å². The van der Waals surface area contributed by atoms with Gasteiger partial charge in [0, 0.05) is 36.8 Å². The number of likely N-dealkylation sites (N-methyl/N-ethyl adjacent to an activating group) is 1. The van der Waals surface area contributed by atoms with E-state index in [4.69, 9.17) is 0 Å². The molecule has 1 aliphatic heterocycles. The summed E-state index contributed by atoms with van der Waals surface area (Å²) < 4.78 is 2.41. The van der Waals surface area contributed by atoms with Crippen LogP contribution in [0.4, 0.5) is 0 Å². The van der Waals surface area contributed by atoms with E-state index in [0.29, 0.717) is 0 Å². The molecule has 25 heavy (non-hydrogen) atoms. The predicted octanol–water partition coefficient (Wildman–Crippen LogP) is 5.26. The van der Waals surface area contributed by atoms with Crippen molar-refractivity contribution in [2.75, 3.05) is 13.1 Å². The topological polar surface area (TPSA) is 8.17 Å². The molecule has 0 saturated carbocycles. The summed E-state index contributed by atoms with van der Waals surface area (Å²) >= 11 is 0. The molecule has 0 amide bonds. The maximum atomic E-state index is 2.54. The van der Waals surface area contributed by atoms with E-state index >= 15 is 0 Å². The molecule has 0 spiro atoms. The summed E-state index contributed by atoms with van der Waals surface area (Å²) in [4.78, 5) is 2.54. The van der Waals surface area contributed by atoms with Gasteiger partial charge in [0.15, 0.2) is 0 Å². The van der Waals surface area contributed by atoms with Crippen molar-refractivity contribution in [1.82, 2.24) is 9.47 Å². The van der Waals surface area contributed by atoms with Crippen molar-refractivity contribution in [2.45, 2.75) is 33.7 Å². The lowest BCUT2D eigenvalue weighted by atomic mass is 10.0. The Kier molecular flexibility index (Phi) is 4.22. The van der Waals surface area contributed by atoms with Gasteiger partial charge in [-0.3, -0.25) is 4.90 Å². The molecule has 2 heteroatoms. The van der Waals surface area contributed by atoms with Crippen LogP contribution in [0.5, 0.6) is 0 Å². The van der Waals surface area contributed by atoms with Crippen molar-refractivity contribution in [3.63, 3.8) is 0 Å². The molecule has 2 aromatic carbocycles. The first-order chi connectivity index (χ1) is 12.2. The number of rotatable bonds is 3. The van der Waals surface area contributed by atoms with Gasteiger partial charge in [0.1, 0.15) is 0 Å². The summed E-state index contributed by atoms with van der Waals surface area (Å²) in [5, 5.41) is 1.42. The second kappa shape index (κ2) is 6.53. The number of fused-ring (bicyclic) bond motifs is 3. The molecule has 0 aliphatic carbocycles. The normalized spacial score (nSPS) is 15.2. The number of hydrogen-bond acceptors (Lipinski definition) is 1. The molecule has 0 N–H and O–H groups in total. The highest BCUT2D eigenvalue weighted by atomic mass is 15.1. The monoisotopic (exact) mass is 330 g/mol. The summed E-state index contributed by atoms with van der Waals surface area (Å²) in [5.41, 5.74) is 8.21. The van der Waals surface area contributed by atoms with Crippen molar-refractivity contribution in [3.8, 4) is 0 Å². The van der Waals surface area contributed by atoms with Gasteiger partial charge >= 0.3 is 0 Å². The fraction of sp³-hybridized carbons (Fsp3) is 0.304. The summed E-state index contributed by atoms with van der Waals surface area (Å²) in [5.74, 6) is 0. The summed E-state index contributed by atoms with van der Waals surface area (Å²) in [6, 6.07) is 15.6.